The molecule has 2 atom stereocenters. The number of nitrogens with zero attached hydrogens (tertiary/aromatic N) is 1. The van der Waals surface area contributed by atoms with Gasteiger partial charge in [0.15, 0.2) is 0 Å². The third-order valence-corrected chi connectivity index (χ3v) is 4.72. The van der Waals surface area contributed by atoms with Crippen molar-refractivity contribution in [2.45, 2.75) is 31.7 Å². The Labute approximate surface area is 149 Å². The molecular formula is C14H19ClN2O6S. The fraction of sp³-hybridized carbons (Fsp3) is 0.571. The number of amides is 1. The molecule has 0 aromatic heterocycles. The number of hydrogen-bond donors (Lipinski definition) is 1. The molecule has 1 fully saturated rings. The number of β-lactam (4-membered cyclic amide) rings is 1. The summed E-state index contributed by atoms with van der Waals surface area (Å²) in [5.41, 5.74) is 6.30. The smallest absolute Gasteiger partial charge is 0.355 e. The minimum atomic E-state index is -0.674. The highest BCUT2D eigenvalue weighted by molar-refractivity contribution is 8.00. The molecule has 2 heterocycles. The van der Waals surface area contributed by atoms with Crippen LogP contribution in [0.25, 0.3) is 0 Å². The predicted octanol–water partition coefficient (Wildman–Crippen LogP) is -0.00990. The number of fused-ring (bicyclic) bond motifs is 1. The molecule has 134 valence electrons. The highest BCUT2D eigenvalue weighted by Gasteiger charge is 2.52. The summed E-state index contributed by atoms with van der Waals surface area (Å²) >= 11 is 1.39. The summed E-state index contributed by atoms with van der Waals surface area (Å²) in [6.07, 6.45) is -0.328. The lowest BCUT2D eigenvalue weighted by Gasteiger charge is -2.48. The third-order valence-electron chi connectivity index (χ3n) is 3.36. The van der Waals surface area contributed by atoms with Gasteiger partial charge in [-0.05, 0) is 13.8 Å². The first kappa shape index (κ1) is 20.5. The van der Waals surface area contributed by atoms with E-state index in [2.05, 4.69) is 0 Å². The summed E-state index contributed by atoms with van der Waals surface area (Å²) in [6, 6.07) is -0.647. The van der Waals surface area contributed by atoms with Crippen molar-refractivity contribution in [3.05, 3.63) is 11.3 Å². The number of rotatable bonds is 6. The molecule has 1 saturated heterocycles. The topological polar surface area (TPSA) is 116 Å². The molecule has 0 aliphatic carbocycles. The van der Waals surface area contributed by atoms with Crippen molar-refractivity contribution in [2.75, 3.05) is 19.0 Å². The number of carbonyl (C=O) groups excluding carboxylic acids is 4. The van der Waals surface area contributed by atoms with Gasteiger partial charge in [0.2, 0.25) is 5.91 Å². The molecule has 1 amide bonds. The number of nitrogens with two attached hydrogens (primary N) is 1. The Kier molecular flexibility index (Phi) is 7.25. The maximum absolute atomic E-state index is 12.2. The number of esters is 2. The van der Waals surface area contributed by atoms with E-state index >= 15 is 0 Å². The van der Waals surface area contributed by atoms with Crippen LogP contribution in [0.5, 0.6) is 0 Å². The lowest BCUT2D eigenvalue weighted by molar-refractivity contribution is -0.151. The summed E-state index contributed by atoms with van der Waals surface area (Å²) in [5, 5.41) is -0.307. The van der Waals surface area contributed by atoms with Gasteiger partial charge in [0.1, 0.15) is 35.9 Å². The maximum Gasteiger partial charge on any atom is 0.355 e. The van der Waals surface area contributed by atoms with Gasteiger partial charge < -0.3 is 15.2 Å². The van der Waals surface area contributed by atoms with Gasteiger partial charge in [0.05, 0.1) is 6.61 Å². The van der Waals surface area contributed by atoms with Gasteiger partial charge in [-0.1, -0.05) is 0 Å². The molecule has 24 heavy (non-hydrogen) atoms. The van der Waals surface area contributed by atoms with Crippen LogP contribution in [0.1, 0.15) is 20.3 Å². The van der Waals surface area contributed by atoms with E-state index in [9.17, 15) is 19.2 Å². The van der Waals surface area contributed by atoms with Gasteiger partial charge in [-0.25, -0.2) is 4.79 Å². The van der Waals surface area contributed by atoms with Crippen LogP contribution in [-0.2, 0) is 28.7 Å². The van der Waals surface area contributed by atoms with Gasteiger partial charge in [-0.2, -0.15) is 0 Å². The largest absolute Gasteiger partial charge is 0.461 e. The lowest BCUT2D eigenvalue weighted by Crippen LogP contribution is -2.68. The second-order valence-electron chi connectivity index (χ2n) is 5.15. The van der Waals surface area contributed by atoms with Crippen molar-refractivity contribution >= 4 is 47.8 Å². The lowest BCUT2D eigenvalue weighted by atomic mass is 10.0. The second-order valence-corrected chi connectivity index (χ2v) is 6.25. The first-order chi connectivity index (χ1) is 10.9. The van der Waals surface area contributed by atoms with Gasteiger partial charge >= 0.3 is 11.9 Å². The Morgan fingerprint density at radius 1 is 1.33 bits per heavy atom. The number of hydrogen-bond acceptors (Lipinski definition) is 8. The van der Waals surface area contributed by atoms with Gasteiger partial charge in [0.25, 0.3) is 0 Å². The maximum atomic E-state index is 12.2. The molecule has 2 N–H and O–H groups in total. The Hall–Kier alpha value is -1.58. The highest BCUT2D eigenvalue weighted by atomic mass is 35.5. The third kappa shape index (κ3) is 4.08. The molecule has 10 heteroatoms. The SMILES string of the molecule is CCOC(=O)C1=C(COC(=O)CC(C)=O)CS[C@@H]2C(N)C(=O)N12.Cl. The van der Waals surface area contributed by atoms with E-state index in [1.807, 2.05) is 0 Å². The average molecular weight is 379 g/mol. The van der Waals surface area contributed by atoms with Crippen molar-refractivity contribution in [1.82, 2.24) is 4.90 Å². The summed E-state index contributed by atoms with van der Waals surface area (Å²) in [7, 11) is 0. The zero-order valence-corrected chi connectivity index (χ0v) is 14.9. The molecule has 2 aliphatic rings. The molecule has 2 rings (SSSR count). The summed E-state index contributed by atoms with van der Waals surface area (Å²) in [5.74, 6) is -1.60. The number of carbonyl (C=O) groups is 4. The van der Waals surface area contributed by atoms with Crippen LogP contribution in [0.3, 0.4) is 0 Å². The molecule has 0 aromatic carbocycles. The highest BCUT2D eigenvalue weighted by Crippen LogP contribution is 2.39. The molecule has 0 radical (unpaired) electrons. The molecule has 0 aromatic rings. The van der Waals surface area contributed by atoms with E-state index < -0.39 is 18.0 Å². The monoisotopic (exact) mass is 378 g/mol. The summed E-state index contributed by atoms with van der Waals surface area (Å²) < 4.78 is 10.00. The zero-order chi connectivity index (χ0) is 17.1. The zero-order valence-electron chi connectivity index (χ0n) is 13.3. The number of halogens is 1. The van der Waals surface area contributed by atoms with Crippen molar-refractivity contribution in [2.24, 2.45) is 5.73 Å². The molecule has 0 spiro atoms. The molecule has 8 nitrogen and oxygen atoms in total. The van der Waals surface area contributed by atoms with E-state index in [-0.39, 0.29) is 54.8 Å². The Balaban J connectivity index is 0.00000288. The standard InChI is InChI=1S/C14H18N2O6S.ClH/c1-3-21-14(20)11-8(5-22-9(18)4-7(2)17)6-23-13-10(15)12(19)16(11)13;/h10,13H,3-6,15H2,1-2H3;1H/t10?,13-;/m1./s1. The van der Waals surface area contributed by atoms with Gasteiger partial charge in [-0.3, -0.25) is 19.3 Å². The minimum absolute atomic E-state index is 0. The van der Waals surface area contributed by atoms with E-state index in [0.29, 0.717) is 11.3 Å². The molecule has 0 bridgehead atoms. The van der Waals surface area contributed by atoms with Crippen molar-refractivity contribution < 1.29 is 28.7 Å². The first-order valence-corrected chi connectivity index (χ1v) is 8.16. The normalized spacial score (nSPS) is 22.1. The minimum Gasteiger partial charge on any atom is -0.461 e. The van der Waals surface area contributed by atoms with Crippen LogP contribution in [0.15, 0.2) is 11.3 Å². The first-order valence-electron chi connectivity index (χ1n) is 7.11. The van der Waals surface area contributed by atoms with Crippen LogP contribution in [-0.4, -0.2) is 58.9 Å². The van der Waals surface area contributed by atoms with E-state index in [0.717, 1.165) is 0 Å². The van der Waals surface area contributed by atoms with Crippen LogP contribution in [0.4, 0.5) is 0 Å². The van der Waals surface area contributed by atoms with Crippen LogP contribution >= 0.6 is 24.2 Å². The summed E-state index contributed by atoms with van der Waals surface area (Å²) in [6.45, 7) is 2.93. The second kappa shape index (κ2) is 8.50. The van der Waals surface area contributed by atoms with E-state index in [1.165, 1.54) is 23.6 Å². The van der Waals surface area contributed by atoms with E-state index in [1.54, 1.807) is 6.92 Å². The summed E-state index contributed by atoms with van der Waals surface area (Å²) in [4.78, 5) is 47.8. The molecular weight excluding hydrogens is 360 g/mol. The predicted molar refractivity (Wildman–Crippen MR) is 88.2 cm³/mol. The number of ketones is 1. The number of Topliss-reactive ketones (excluding diaryl/α,β-unsaturated/α-hetero) is 1. The fourth-order valence-corrected chi connectivity index (χ4v) is 3.57. The Morgan fingerprint density at radius 2 is 2.00 bits per heavy atom. The van der Waals surface area contributed by atoms with Crippen molar-refractivity contribution in [1.29, 1.82) is 0 Å². The number of thioether (sulfide) groups is 1. The van der Waals surface area contributed by atoms with Crippen LogP contribution < -0.4 is 5.73 Å². The van der Waals surface area contributed by atoms with Gasteiger partial charge in [-0.15, -0.1) is 24.2 Å². The van der Waals surface area contributed by atoms with E-state index in [4.69, 9.17) is 15.2 Å². The fourth-order valence-electron chi connectivity index (χ4n) is 2.30. The van der Waals surface area contributed by atoms with Gasteiger partial charge in [0, 0.05) is 11.3 Å². The molecule has 0 saturated carbocycles. The average Bonchev–Trinajstić information content (AvgIpc) is 2.50. The van der Waals surface area contributed by atoms with Crippen LogP contribution in [0, 0.1) is 0 Å². The van der Waals surface area contributed by atoms with Crippen LogP contribution in [0.2, 0.25) is 0 Å². The molecule has 1 unspecified atom stereocenters. The Morgan fingerprint density at radius 3 is 2.58 bits per heavy atom. The quantitative estimate of drug-likeness (QED) is 0.389. The number of ether oxygens (including phenoxy) is 2. The van der Waals surface area contributed by atoms with Crippen molar-refractivity contribution in [3.8, 4) is 0 Å². The Bertz CT molecular complexity index is 594. The van der Waals surface area contributed by atoms with Crippen molar-refractivity contribution in [3.63, 3.8) is 0 Å². The molecule has 2 aliphatic heterocycles.